The molecule has 3 nitrogen and oxygen atoms in total. The first-order valence-electron chi connectivity index (χ1n) is 4.82. The third-order valence-corrected chi connectivity index (χ3v) is 3.28. The molecule has 0 bridgehead atoms. The van der Waals surface area contributed by atoms with E-state index in [1.165, 1.54) is 0 Å². The first-order chi connectivity index (χ1) is 7.18. The van der Waals surface area contributed by atoms with E-state index >= 15 is 0 Å². The van der Waals surface area contributed by atoms with Crippen molar-refractivity contribution in [3.63, 3.8) is 0 Å². The zero-order valence-electron chi connectivity index (χ0n) is 8.77. The molecule has 1 unspecified atom stereocenters. The van der Waals surface area contributed by atoms with Gasteiger partial charge in [0.15, 0.2) is 0 Å². The van der Waals surface area contributed by atoms with Gasteiger partial charge in [-0.2, -0.15) is 0 Å². The summed E-state index contributed by atoms with van der Waals surface area (Å²) in [6.45, 7) is 3.98. The molecule has 2 heterocycles. The second kappa shape index (κ2) is 4.08. The Bertz CT molecular complexity index is 448. The SMILES string of the molecule is Cc1nc(-c2cccnc2)c(C(C)N)s1. The molecule has 2 aromatic rings. The largest absolute Gasteiger partial charge is 0.323 e. The molecule has 0 fully saturated rings. The van der Waals surface area contributed by atoms with Crippen LogP contribution in [-0.4, -0.2) is 9.97 Å². The molecule has 78 valence electrons. The molecule has 0 aliphatic carbocycles. The van der Waals surface area contributed by atoms with Gasteiger partial charge in [-0.15, -0.1) is 11.3 Å². The molecule has 1 atom stereocenters. The molecule has 0 radical (unpaired) electrons. The molecule has 4 heteroatoms. The normalized spacial score (nSPS) is 12.7. The number of hydrogen-bond acceptors (Lipinski definition) is 4. The average molecular weight is 219 g/mol. The van der Waals surface area contributed by atoms with Crippen LogP contribution in [0.3, 0.4) is 0 Å². The van der Waals surface area contributed by atoms with Gasteiger partial charge in [0.25, 0.3) is 0 Å². The van der Waals surface area contributed by atoms with Crippen molar-refractivity contribution in [2.24, 2.45) is 5.73 Å². The highest BCUT2D eigenvalue weighted by Crippen LogP contribution is 2.31. The Morgan fingerprint density at radius 1 is 1.47 bits per heavy atom. The average Bonchev–Trinajstić information content (AvgIpc) is 2.62. The summed E-state index contributed by atoms with van der Waals surface area (Å²) in [5, 5.41) is 1.04. The first-order valence-corrected chi connectivity index (χ1v) is 5.63. The van der Waals surface area contributed by atoms with Gasteiger partial charge in [0.2, 0.25) is 0 Å². The van der Waals surface area contributed by atoms with Gasteiger partial charge in [0.1, 0.15) is 0 Å². The van der Waals surface area contributed by atoms with Gasteiger partial charge in [-0.05, 0) is 26.0 Å². The van der Waals surface area contributed by atoms with Gasteiger partial charge in [-0.3, -0.25) is 4.98 Å². The molecule has 0 spiro atoms. The van der Waals surface area contributed by atoms with Crippen LogP contribution in [0, 0.1) is 6.92 Å². The standard InChI is InChI=1S/C11H13N3S/c1-7(12)11-10(14-8(2)15-11)9-4-3-5-13-6-9/h3-7H,12H2,1-2H3. The zero-order valence-corrected chi connectivity index (χ0v) is 9.58. The van der Waals surface area contributed by atoms with Crippen LogP contribution in [-0.2, 0) is 0 Å². The van der Waals surface area contributed by atoms with Crippen LogP contribution >= 0.6 is 11.3 Å². The van der Waals surface area contributed by atoms with Crippen LogP contribution in [0.25, 0.3) is 11.3 Å². The second-order valence-corrected chi connectivity index (χ2v) is 4.71. The van der Waals surface area contributed by atoms with Gasteiger partial charge in [0, 0.05) is 28.9 Å². The van der Waals surface area contributed by atoms with E-state index in [1.807, 2.05) is 32.2 Å². The number of aryl methyl sites for hydroxylation is 1. The van der Waals surface area contributed by atoms with Gasteiger partial charge >= 0.3 is 0 Å². The third kappa shape index (κ3) is 2.06. The van der Waals surface area contributed by atoms with E-state index in [0.717, 1.165) is 21.1 Å². The van der Waals surface area contributed by atoms with Crippen LogP contribution in [0.1, 0.15) is 22.9 Å². The Balaban J connectivity index is 2.53. The fourth-order valence-corrected chi connectivity index (χ4v) is 2.36. The molecule has 0 amide bonds. The van der Waals surface area contributed by atoms with Gasteiger partial charge in [-0.25, -0.2) is 4.98 Å². The summed E-state index contributed by atoms with van der Waals surface area (Å²) in [6, 6.07) is 3.94. The highest BCUT2D eigenvalue weighted by molar-refractivity contribution is 7.12. The molecule has 2 aromatic heterocycles. The maximum atomic E-state index is 5.92. The maximum Gasteiger partial charge on any atom is 0.0905 e. The second-order valence-electron chi connectivity index (χ2n) is 3.48. The van der Waals surface area contributed by atoms with E-state index in [4.69, 9.17) is 5.73 Å². The fraction of sp³-hybridized carbons (Fsp3) is 0.273. The van der Waals surface area contributed by atoms with Crippen LogP contribution in [0.15, 0.2) is 24.5 Å². The van der Waals surface area contributed by atoms with Crippen LogP contribution in [0.2, 0.25) is 0 Å². The molecule has 2 N–H and O–H groups in total. The van der Waals surface area contributed by atoms with Crippen molar-refractivity contribution in [1.29, 1.82) is 0 Å². The number of nitrogens with zero attached hydrogens (tertiary/aromatic N) is 2. The highest BCUT2D eigenvalue weighted by atomic mass is 32.1. The summed E-state index contributed by atoms with van der Waals surface area (Å²) in [5.41, 5.74) is 7.92. The molecule has 2 rings (SSSR count). The Hall–Kier alpha value is -1.26. The van der Waals surface area contributed by atoms with Crippen molar-refractivity contribution in [2.75, 3.05) is 0 Å². The van der Waals surface area contributed by atoms with Gasteiger partial charge < -0.3 is 5.73 Å². The minimum atomic E-state index is 0.0198. The van der Waals surface area contributed by atoms with E-state index in [1.54, 1.807) is 17.5 Å². The van der Waals surface area contributed by atoms with E-state index < -0.39 is 0 Å². The van der Waals surface area contributed by atoms with E-state index in [9.17, 15) is 0 Å². The predicted octanol–water partition coefficient (Wildman–Crippen LogP) is 2.53. The van der Waals surface area contributed by atoms with Crippen LogP contribution in [0.5, 0.6) is 0 Å². The number of pyridine rings is 1. The molecular formula is C11H13N3S. The van der Waals surface area contributed by atoms with Crippen LogP contribution in [0.4, 0.5) is 0 Å². The number of rotatable bonds is 2. The summed E-state index contributed by atoms with van der Waals surface area (Å²) < 4.78 is 0. The highest BCUT2D eigenvalue weighted by Gasteiger charge is 2.14. The Labute approximate surface area is 93.0 Å². The summed E-state index contributed by atoms with van der Waals surface area (Å²) in [5.74, 6) is 0. The quantitative estimate of drug-likeness (QED) is 0.844. The Morgan fingerprint density at radius 2 is 2.27 bits per heavy atom. The van der Waals surface area contributed by atoms with E-state index in [0.29, 0.717) is 0 Å². The molecule has 15 heavy (non-hydrogen) atoms. The van der Waals surface area contributed by atoms with Crippen molar-refractivity contribution in [2.45, 2.75) is 19.9 Å². The molecule has 0 aromatic carbocycles. The lowest BCUT2D eigenvalue weighted by molar-refractivity contribution is 0.837. The lowest BCUT2D eigenvalue weighted by Gasteiger charge is -2.04. The van der Waals surface area contributed by atoms with Crippen molar-refractivity contribution >= 4 is 11.3 Å². The van der Waals surface area contributed by atoms with Gasteiger partial charge in [-0.1, -0.05) is 0 Å². The smallest absolute Gasteiger partial charge is 0.0905 e. The minimum absolute atomic E-state index is 0.0198. The van der Waals surface area contributed by atoms with Crippen LogP contribution < -0.4 is 5.73 Å². The number of aromatic nitrogens is 2. The zero-order chi connectivity index (χ0) is 10.8. The topological polar surface area (TPSA) is 51.8 Å². The molecule has 0 saturated heterocycles. The Kier molecular flexibility index (Phi) is 2.79. The molecule has 0 saturated carbocycles. The summed E-state index contributed by atoms with van der Waals surface area (Å²) in [4.78, 5) is 9.72. The summed E-state index contributed by atoms with van der Waals surface area (Å²) in [7, 11) is 0. The number of nitrogens with two attached hydrogens (primary N) is 1. The summed E-state index contributed by atoms with van der Waals surface area (Å²) in [6.07, 6.45) is 3.58. The number of hydrogen-bond donors (Lipinski definition) is 1. The van der Waals surface area contributed by atoms with Crippen molar-refractivity contribution in [3.05, 3.63) is 34.4 Å². The lowest BCUT2D eigenvalue weighted by Crippen LogP contribution is -2.04. The summed E-state index contributed by atoms with van der Waals surface area (Å²) >= 11 is 1.65. The lowest BCUT2D eigenvalue weighted by atomic mass is 10.1. The maximum absolute atomic E-state index is 5.92. The van der Waals surface area contributed by atoms with Crippen molar-refractivity contribution in [1.82, 2.24) is 9.97 Å². The minimum Gasteiger partial charge on any atom is -0.323 e. The van der Waals surface area contributed by atoms with Crippen molar-refractivity contribution < 1.29 is 0 Å². The molecule has 0 aliphatic heterocycles. The van der Waals surface area contributed by atoms with E-state index in [2.05, 4.69) is 9.97 Å². The van der Waals surface area contributed by atoms with Gasteiger partial charge in [0.05, 0.1) is 10.7 Å². The molecular weight excluding hydrogens is 206 g/mol. The number of thiazole rings is 1. The monoisotopic (exact) mass is 219 g/mol. The first kappa shape index (κ1) is 10.3. The Morgan fingerprint density at radius 3 is 2.87 bits per heavy atom. The molecule has 0 aliphatic rings. The fourth-order valence-electron chi connectivity index (χ4n) is 1.46. The van der Waals surface area contributed by atoms with Crippen molar-refractivity contribution in [3.8, 4) is 11.3 Å². The third-order valence-electron chi connectivity index (χ3n) is 2.11. The predicted molar refractivity (Wildman–Crippen MR) is 62.7 cm³/mol. The van der Waals surface area contributed by atoms with E-state index in [-0.39, 0.29) is 6.04 Å².